The lowest BCUT2D eigenvalue weighted by atomic mass is 10.1. The van der Waals surface area contributed by atoms with Crippen LogP contribution >= 0.6 is 0 Å². The molecule has 0 radical (unpaired) electrons. The number of unbranched alkanes of at least 4 members (excludes halogenated alkanes) is 1. The highest BCUT2D eigenvalue weighted by Gasteiger charge is 2.19. The van der Waals surface area contributed by atoms with Gasteiger partial charge in [0.05, 0.1) is 6.04 Å². The molecular formula is C12H23NO2. The summed E-state index contributed by atoms with van der Waals surface area (Å²) in [5.74, 6) is 2.64. The molecule has 0 aliphatic carbocycles. The van der Waals surface area contributed by atoms with Crippen LogP contribution in [0, 0.1) is 12.3 Å². The molecule has 0 saturated heterocycles. The van der Waals surface area contributed by atoms with Crippen LogP contribution in [0.3, 0.4) is 0 Å². The van der Waals surface area contributed by atoms with Crippen molar-refractivity contribution in [2.24, 2.45) is 0 Å². The highest BCUT2D eigenvalue weighted by atomic mass is 16.7. The first-order valence-corrected chi connectivity index (χ1v) is 5.52. The van der Waals surface area contributed by atoms with Crippen molar-refractivity contribution in [2.75, 3.05) is 20.8 Å². The van der Waals surface area contributed by atoms with Crippen molar-refractivity contribution in [3.8, 4) is 12.3 Å². The van der Waals surface area contributed by atoms with Crippen molar-refractivity contribution in [1.29, 1.82) is 0 Å². The van der Waals surface area contributed by atoms with E-state index in [1.165, 1.54) is 0 Å². The van der Waals surface area contributed by atoms with Gasteiger partial charge in [-0.2, -0.15) is 0 Å². The minimum atomic E-state index is -0.186. The number of methoxy groups -OCH3 is 2. The minimum absolute atomic E-state index is 0.186. The Morgan fingerprint density at radius 1 is 1.33 bits per heavy atom. The van der Waals surface area contributed by atoms with Gasteiger partial charge in [-0.25, -0.2) is 0 Å². The smallest absolute Gasteiger partial charge is 0.171 e. The third kappa shape index (κ3) is 6.51. The fourth-order valence-electron chi connectivity index (χ4n) is 1.51. The summed E-state index contributed by atoms with van der Waals surface area (Å²) >= 11 is 0. The number of hydrogen-bond acceptors (Lipinski definition) is 3. The van der Waals surface area contributed by atoms with Crippen LogP contribution in [0.5, 0.6) is 0 Å². The van der Waals surface area contributed by atoms with Gasteiger partial charge in [0.15, 0.2) is 6.29 Å². The third-order valence-corrected chi connectivity index (χ3v) is 2.29. The summed E-state index contributed by atoms with van der Waals surface area (Å²) in [7, 11) is 3.33. The summed E-state index contributed by atoms with van der Waals surface area (Å²) in [6.45, 7) is 3.12. The van der Waals surface area contributed by atoms with Gasteiger partial charge in [0.2, 0.25) is 0 Å². The molecule has 0 aliphatic rings. The normalized spacial score (nSPS) is 12.7. The molecule has 1 unspecified atom stereocenters. The number of nitrogens with one attached hydrogen (secondary N) is 1. The maximum absolute atomic E-state index is 5.25. The fraction of sp³-hybridized carbons (Fsp3) is 0.833. The summed E-state index contributed by atoms with van der Waals surface area (Å²) in [5.41, 5.74) is 0. The molecule has 3 heteroatoms. The molecule has 15 heavy (non-hydrogen) atoms. The van der Waals surface area contributed by atoms with Gasteiger partial charge < -0.3 is 14.8 Å². The third-order valence-electron chi connectivity index (χ3n) is 2.29. The first-order chi connectivity index (χ1) is 7.29. The Hall–Kier alpha value is -0.560. The van der Waals surface area contributed by atoms with E-state index in [9.17, 15) is 0 Å². The van der Waals surface area contributed by atoms with Gasteiger partial charge in [-0.15, -0.1) is 12.3 Å². The Kier molecular flexibility index (Phi) is 9.60. The molecule has 1 atom stereocenters. The second kappa shape index (κ2) is 9.97. The van der Waals surface area contributed by atoms with Crippen molar-refractivity contribution in [2.45, 2.75) is 44.9 Å². The van der Waals surface area contributed by atoms with E-state index < -0.39 is 0 Å². The van der Waals surface area contributed by atoms with Crippen LogP contribution in [-0.4, -0.2) is 33.1 Å². The zero-order valence-electron chi connectivity index (χ0n) is 10.1. The molecular weight excluding hydrogens is 190 g/mol. The van der Waals surface area contributed by atoms with Gasteiger partial charge in [-0.1, -0.05) is 6.92 Å². The van der Waals surface area contributed by atoms with Crippen LogP contribution in [0.1, 0.15) is 32.6 Å². The monoisotopic (exact) mass is 213 g/mol. The van der Waals surface area contributed by atoms with Crippen molar-refractivity contribution in [1.82, 2.24) is 5.32 Å². The van der Waals surface area contributed by atoms with Gasteiger partial charge in [-0.05, 0) is 25.8 Å². The van der Waals surface area contributed by atoms with Crippen LogP contribution in [0.25, 0.3) is 0 Å². The fourth-order valence-corrected chi connectivity index (χ4v) is 1.51. The number of ether oxygens (including phenoxy) is 2. The molecule has 0 aliphatic heterocycles. The molecule has 0 heterocycles. The van der Waals surface area contributed by atoms with Gasteiger partial charge in [0.1, 0.15) is 0 Å². The predicted octanol–water partition coefficient (Wildman–Crippen LogP) is 1.78. The van der Waals surface area contributed by atoms with E-state index in [4.69, 9.17) is 15.9 Å². The average Bonchev–Trinajstić information content (AvgIpc) is 2.26. The standard InChI is InChI=1S/C12H23NO2/c1-5-7-8-9-11(13-10-6-2)12(14-3)15-4/h1,11-13H,6-10H2,2-4H3. The molecule has 0 aromatic carbocycles. The second-order valence-corrected chi connectivity index (χ2v) is 3.50. The first-order valence-electron chi connectivity index (χ1n) is 5.52. The maximum Gasteiger partial charge on any atom is 0.171 e. The Bertz CT molecular complexity index is 173. The summed E-state index contributed by atoms with van der Waals surface area (Å²) in [6, 6.07) is 0.230. The van der Waals surface area contributed by atoms with E-state index in [2.05, 4.69) is 18.2 Å². The van der Waals surface area contributed by atoms with E-state index in [-0.39, 0.29) is 12.3 Å². The number of hydrogen-bond donors (Lipinski definition) is 1. The SMILES string of the molecule is C#CCCCC(NCCC)C(OC)OC. The largest absolute Gasteiger partial charge is 0.354 e. The van der Waals surface area contributed by atoms with Gasteiger partial charge in [-0.3, -0.25) is 0 Å². The van der Waals surface area contributed by atoms with E-state index in [0.717, 1.165) is 32.2 Å². The maximum atomic E-state index is 5.25. The molecule has 88 valence electrons. The molecule has 0 fully saturated rings. The summed E-state index contributed by atoms with van der Waals surface area (Å²) in [6.07, 6.45) is 8.93. The quantitative estimate of drug-likeness (QED) is 0.360. The second-order valence-electron chi connectivity index (χ2n) is 3.50. The van der Waals surface area contributed by atoms with E-state index >= 15 is 0 Å². The molecule has 0 amide bonds. The predicted molar refractivity (Wildman–Crippen MR) is 62.6 cm³/mol. The van der Waals surface area contributed by atoms with E-state index in [1.807, 2.05) is 0 Å². The zero-order chi connectivity index (χ0) is 11.5. The van der Waals surface area contributed by atoms with E-state index in [0.29, 0.717) is 0 Å². The van der Waals surface area contributed by atoms with Crippen LogP contribution in [0.4, 0.5) is 0 Å². The molecule has 0 aromatic heterocycles. The molecule has 0 spiro atoms. The van der Waals surface area contributed by atoms with Gasteiger partial charge in [0, 0.05) is 20.6 Å². The molecule has 0 aromatic rings. The summed E-state index contributed by atoms with van der Waals surface area (Å²) < 4.78 is 10.5. The Morgan fingerprint density at radius 3 is 2.47 bits per heavy atom. The van der Waals surface area contributed by atoms with Crippen molar-refractivity contribution >= 4 is 0 Å². The molecule has 3 nitrogen and oxygen atoms in total. The minimum Gasteiger partial charge on any atom is -0.354 e. The Balaban J connectivity index is 3.98. The highest BCUT2D eigenvalue weighted by molar-refractivity contribution is 4.84. The van der Waals surface area contributed by atoms with Gasteiger partial charge >= 0.3 is 0 Å². The number of terminal acetylenes is 1. The van der Waals surface area contributed by atoms with Crippen LogP contribution < -0.4 is 5.32 Å². The zero-order valence-corrected chi connectivity index (χ0v) is 10.1. The Labute approximate surface area is 93.5 Å². The van der Waals surface area contributed by atoms with Crippen LogP contribution in [0.15, 0.2) is 0 Å². The van der Waals surface area contributed by atoms with Gasteiger partial charge in [0.25, 0.3) is 0 Å². The van der Waals surface area contributed by atoms with Crippen molar-refractivity contribution in [3.63, 3.8) is 0 Å². The number of rotatable bonds is 9. The molecule has 0 saturated carbocycles. The van der Waals surface area contributed by atoms with Crippen molar-refractivity contribution < 1.29 is 9.47 Å². The lowest BCUT2D eigenvalue weighted by Crippen LogP contribution is -2.42. The van der Waals surface area contributed by atoms with Crippen molar-refractivity contribution in [3.05, 3.63) is 0 Å². The topological polar surface area (TPSA) is 30.5 Å². The molecule has 1 N–H and O–H groups in total. The lowest BCUT2D eigenvalue weighted by molar-refractivity contribution is -0.124. The molecule has 0 rings (SSSR count). The molecule has 0 bridgehead atoms. The lowest BCUT2D eigenvalue weighted by Gasteiger charge is -2.25. The first kappa shape index (κ1) is 14.4. The summed E-state index contributed by atoms with van der Waals surface area (Å²) in [4.78, 5) is 0. The summed E-state index contributed by atoms with van der Waals surface area (Å²) in [5, 5.41) is 3.41. The van der Waals surface area contributed by atoms with E-state index in [1.54, 1.807) is 14.2 Å². The highest BCUT2D eigenvalue weighted by Crippen LogP contribution is 2.08. The average molecular weight is 213 g/mol. The van der Waals surface area contributed by atoms with Crippen LogP contribution in [0.2, 0.25) is 0 Å². The Morgan fingerprint density at radius 2 is 2.00 bits per heavy atom. The van der Waals surface area contributed by atoms with Crippen LogP contribution in [-0.2, 0) is 9.47 Å².